The Kier molecular flexibility index (Phi) is 7.39. The molecule has 0 aromatic heterocycles. The molecule has 0 spiro atoms. The SMILES string of the molecule is CCCNC(=O)NCCC(O)CC. The minimum atomic E-state index is -0.300. The van der Waals surface area contributed by atoms with Crippen molar-refractivity contribution in [3.8, 4) is 0 Å². The van der Waals surface area contributed by atoms with Crippen molar-refractivity contribution >= 4 is 6.03 Å². The van der Waals surface area contributed by atoms with E-state index in [9.17, 15) is 9.90 Å². The third kappa shape index (κ3) is 7.59. The lowest BCUT2D eigenvalue weighted by molar-refractivity contribution is 0.160. The Morgan fingerprint density at radius 1 is 1.31 bits per heavy atom. The second kappa shape index (κ2) is 7.86. The van der Waals surface area contributed by atoms with Crippen LogP contribution in [-0.2, 0) is 0 Å². The molecule has 0 aromatic carbocycles. The molecule has 0 aliphatic carbocycles. The van der Waals surface area contributed by atoms with Gasteiger partial charge < -0.3 is 15.7 Å². The van der Waals surface area contributed by atoms with Gasteiger partial charge in [-0.15, -0.1) is 0 Å². The Bertz CT molecular complexity index is 140. The van der Waals surface area contributed by atoms with Crippen LogP contribution in [0.2, 0.25) is 0 Å². The van der Waals surface area contributed by atoms with Crippen molar-refractivity contribution < 1.29 is 9.90 Å². The van der Waals surface area contributed by atoms with Gasteiger partial charge in [0.1, 0.15) is 0 Å². The normalized spacial score (nSPS) is 12.2. The summed E-state index contributed by atoms with van der Waals surface area (Å²) >= 11 is 0. The first-order valence-electron chi connectivity index (χ1n) is 4.90. The summed E-state index contributed by atoms with van der Waals surface area (Å²) in [6.45, 7) is 5.15. The topological polar surface area (TPSA) is 61.4 Å². The molecule has 3 N–H and O–H groups in total. The standard InChI is InChI=1S/C9H20N2O2/c1-3-6-10-9(13)11-7-5-8(12)4-2/h8,12H,3-7H2,1-2H3,(H2,10,11,13). The summed E-state index contributed by atoms with van der Waals surface area (Å²) in [6, 6.07) is -0.148. The maximum Gasteiger partial charge on any atom is 0.314 e. The molecular weight excluding hydrogens is 168 g/mol. The first-order chi connectivity index (χ1) is 6.20. The number of hydrogen-bond donors (Lipinski definition) is 3. The first-order valence-corrected chi connectivity index (χ1v) is 4.90. The number of carbonyl (C=O) groups is 1. The Morgan fingerprint density at radius 2 is 1.92 bits per heavy atom. The van der Waals surface area contributed by atoms with Crippen molar-refractivity contribution in [2.45, 2.75) is 39.2 Å². The lowest BCUT2D eigenvalue weighted by Gasteiger charge is -2.09. The van der Waals surface area contributed by atoms with Crippen LogP contribution in [0.15, 0.2) is 0 Å². The molecular formula is C9H20N2O2. The van der Waals surface area contributed by atoms with Crippen LogP contribution in [0.25, 0.3) is 0 Å². The molecule has 0 aliphatic rings. The number of nitrogens with one attached hydrogen (secondary N) is 2. The average Bonchev–Trinajstić information content (AvgIpc) is 2.14. The molecule has 0 saturated carbocycles. The molecule has 78 valence electrons. The highest BCUT2D eigenvalue weighted by molar-refractivity contribution is 5.73. The monoisotopic (exact) mass is 188 g/mol. The molecule has 0 aliphatic heterocycles. The van der Waals surface area contributed by atoms with E-state index in [0.717, 1.165) is 12.8 Å². The van der Waals surface area contributed by atoms with Gasteiger partial charge in [0.05, 0.1) is 6.10 Å². The van der Waals surface area contributed by atoms with E-state index in [2.05, 4.69) is 10.6 Å². The maximum atomic E-state index is 11.0. The lowest BCUT2D eigenvalue weighted by Crippen LogP contribution is -2.37. The fourth-order valence-electron chi connectivity index (χ4n) is 0.857. The van der Waals surface area contributed by atoms with Crippen LogP contribution >= 0.6 is 0 Å². The van der Waals surface area contributed by atoms with E-state index >= 15 is 0 Å². The molecule has 1 atom stereocenters. The number of urea groups is 1. The van der Waals surface area contributed by atoms with E-state index in [4.69, 9.17) is 0 Å². The second-order valence-corrected chi connectivity index (χ2v) is 3.03. The van der Waals surface area contributed by atoms with Crippen molar-refractivity contribution in [2.24, 2.45) is 0 Å². The van der Waals surface area contributed by atoms with Crippen LogP contribution in [0.4, 0.5) is 4.79 Å². The highest BCUT2D eigenvalue weighted by Crippen LogP contribution is 1.93. The Balaban J connectivity index is 3.26. The van der Waals surface area contributed by atoms with Crippen LogP contribution in [0.3, 0.4) is 0 Å². The third-order valence-electron chi connectivity index (χ3n) is 1.77. The largest absolute Gasteiger partial charge is 0.393 e. The maximum absolute atomic E-state index is 11.0. The Labute approximate surface area is 79.7 Å². The van der Waals surface area contributed by atoms with Crippen molar-refractivity contribution in [3.05, 3.63) is 0 Å². The van der Waals surface area contributed by atoms with Gasteiger partial charge in [0.2, 0.25) is 0 Å². The smallest absolute Gasteiger partial charge is 0.314 e. The van der Waals surface area contributed by atoms with Gasteiger partial charge in [-0.25, -0.2) is 4.79 Å². The molecule has 0 bridgehead atoms. The summed E-state index contributed by atoms with van der Waals surface area (Å²) in [6.07, 6.45) is 1.99. The van der Waals surface area contributed by atoms with E-state index in [1.54, 1.807) is 0 Å². The molecule has 13 heavy (non-hydrogen) atoms. The van der Waals surface area contributed by atoms with Gasteiger partial charge in [-0.05, 0) is 19.3 Å². The summed E-state index contributed by atoms with van der Waals surface area (Å²) in [5.41, 5.74) is 0. The number of amides is 2. The zero-order chi connectivity index (χ0) is 10.1. The molecule has 1 unspecified atom stereocenters. The molecule has 0 radical (unpaired) electrons. The van der Waals surface area contributed by atoms with E-state index in [-0.39, 0.29) is 12.1 Å². The van der Waals surface area contributed by atoms with E-state index in [1.807, 2.05) is 13.8 Å². The van der Waals surface area contributed by atoms with Gasteiger partial charge in [0.25, 0.3) is 0 Å². The number of hydrogen-bond acceptors (Lipinski definition) is 2. The molecule has 0 heterocycles. The zero-order valence-corrected chi connectivity index (χ0v) is 8.47. The summed E-state index contributed by atoms with van der Waals surface area (Å²) in [5.74, 6) is 0. The Morgan fingerprint density at radius 3 is 2.46 bits per heavy atom. The van der Waals surface area contributed by atoms with Crippen molar-refractivity contribution in [2.75, 3.05) is 13.1 Å². The third-order valence-corrected chi connectivity index (χ3v) is 1.77. The van der Waals surface area contributed by atoms with Crippen LogP contribution in [0, 0.1) is 0 Å². The highest BCUT2D eigenvalue weighted by atomic mass is 16.3. The quantitative estimate of drug-likeness (QED) is 0.579. The van der Waals surface area contributed by atoms with Gasteiger partial charge in [0.15, 0.2) is 0 Å². The van der Waals surface area contributed by atoms with Crippen LogP contribution in [0.5, 0.6) is 0 Å². The van der Waals surface area contributed by atoms with Crippen LogP contribution < -0.4 is 10.6 Å². The predicted octanol–water partition coefficient (Wildman–Crippen LogP) is 0.857. The minimum absolute atomic E-state index is 0.148. The van der Waals surface area contributed by atoms with Gasteiger partial charge in [0, 0.05) is 13.1 Å². The lowest BCUT2D eigenvalue weighted by atomic mass is 10.2. The molecule has 0 saturated heterocycles. The first kappa shape index (κ1) is 12.2. The van der Waals surface area contributed by atoms with Crippen LogP contribution in [0.1, 0.15) is 33.1 Å². The summed E-state index contributed by atoms with van der Waals surface area (Å²) in [7, 11) is 0. The average molecular weight is 188 g/mol. The number of rotatable bonds is 6. The summed E-state index contributed by atoms with van der Waals surface area (Å²) in [5, 5.41) is 14.5. The van der Waals surface area contributed by atoms with Crippen molar-refractivity contribution in [1.82, 2.24) is 10.6 Å². The van der Waals surface area contributed by atoms with Gasteiger partial charge in [-0.3, -0.25) is 0 Å². The molecule has 0 rings (SSSR count). The van der Waals surface area contributed by atoms with E-state index < -0.39 is 0 Å². The Hall–Kier alpha value is -0.770. The van der Waals surface area contributed by atoms with E-state index in [0.29, 0.717) is 19.5 Å². The number of aliphatic hydroxyl groups excluding tert-OH is 1. The molecule has 2 amide bonds. The minimum Gasteiger partial charge on any atom is -0.393 e. The fourth-order valence-corrected chi connectivity index (χ4v) is 0.857. The predicted molar refractivity (Wildman–Crippen MR) is 52.6 cm³/mol. The number of carbonyl (C=O) groups excluding carboxylic acids is 1. The van der Waals surface area contributed by atoms with Gasteiger partial charge in [-0.2, -0.15) is 0 Å². The molecule has 4 heteroatoms. The molecule has 0 fully saturated rings. The fraction of sp³-hybridized carbons (Fsp3) is 0.889. The molecule has 0 aromatic rings. The van der Waals surface area contributed by atoms with E-state index in [1.165, 1.54) is 0 Å². The number of aliphatic hydroxyl groups is 1. The van der Waals surface area contributed by atoms with Crippen molar-refractivity contribution in [3.63, 3.8) is 0 Å². The summed E-state index contributed by atoms with van der Waals surface area (Å²) in [4.78, 5) is 11.0. The molecule has 4 nitrogen and oxygen atoms in total. The van der Waals surface area contributed by atoms with Crippen molar-refractivity contribution in [1.29, 1.82) is 0 Å². The van der Waals surface area contributed by atoms with Gasteiger partial charge in [-0.1, -0.05) is 13.8 Å². The second-order valence-electron chi connectivity index (χ2n) is 3.03. The van der Waals surface area contributed by atoms with Gasteiger partial charge >= 0.3 is 6.03 Å². The zero-order valence-electron chi connectivity index (χ0n) is 8.47. The highest BCUT2D eigenvalue weighted by Gasteiger charge is 2.01. The summed E-state index contributed by atoms with van der Waals surface area (Å²) < 4.78 is 0. The van der Waals surface area contributed by atoms with Crippen LogP contribution in [-0.4, -0.2) is 30.3 Å².